The first kappa shape index (κ1) is 18.3. The average Bonchev–Trinajstić information content (AvgIpc) is 2.78. The Kier molecular flexibility index (Phi) is 6.76. The van der Waals surface area contributed by atoms with Gasteiger partial charge in [-0.1, -0.05) is 53.4 Å². The van der Waals surface area contributed by atoms with Crippen molar-refractivity contribution < 1.29 is 10.2 Å². The van der Waals surface area contributed by atoms with Crippen LogP contribution < -0.4 is 0 Å². The first-order valence-electron chi connectivity index (χ1n) is 9.87. The number of hydrogen-bond acceptors (Lipinski definition) is 2. The van der Waals surface area contributed by atoms with Crippen molar-refractivity contribution in [2.45, 2.75) is 91.3 Å². The summed E-state index contributed by atoms with van der Waals surface area (Å²) in [5.41, 5.74) is 0. The van der Waals surface area contributed by atoms with Crippen LogP contribution in [0.15, 0.2) is 0 Å². The van der Waals surface area contributed by atoms with E-state index in [1.54, 1.807) is 0 Å². The van der Waals surface area contributed by atoms with Crippen LogP contribution in [-0.2, 0) is 0 Å². The van der Waals surface area contributed by atoms with Crippen LogP contribution in [0.4, 0.5) is 0 Å². The summed E-state index contributed by atoms with van der Waals surface area (Å²) in [7, 11) is 0. The third kappa shape index (κ3) is 3.70. The van der Waals surface area contributed by atoms with Crippen LogP contribution in [0.2, 0.25) is 0 Å². The molecule has 0 radical (unpaired) electrons. The van der Waals surface area contributed by atoms with Crippen molar-refractivity contribution in [1.29, 1.82) is 0 Å². The molecule has 22 heavy (non-hydrogen) atoms. The molecule has 2 aliphatic carbocycles. The minimum atomic E-state index is -0.304. The quantitative estimate of drug-likeness (QED) is 0.794. The van der Waals surface area contributed by atoms with E-state index in [1.807, 2.05) is 0 Å². The molecule has 2 rings (SSSR count). The Morgan fingerprint density at radius 1 is 0.773 bits per heavy atom. The van der Waals surface area contributed by atoms with Crippen LogP contribution in [0, 0.1) is 35.5 Å². The Morgan fingerprint density at radius 3 is 1.55 bits per heavy atom. The fourth-order valence-corrected chi connectivity index (χ4v) is 5.28. The van der Waals surface area contributed by atoms with E-state index in [9.17, 15) is 10.2 Å². The van der Waals surface area contributed by atoms with E-state index >= 15 is 0 Å². The SMILES string of the molecule is CCC(C)[C@H]1CCCC2CCC[C@@H](C(C)CC)C(O)C2C1O. The molecule has 0 aromatic heterocycles. The highest BCUT2D eigenvalue weighted by atomic mass is 16.3. The molecule has 0 bridgehead atoms. The van der Waals surface area contributed by atoms with Gasteiger partial charge in [-0.25, -0.2) is 0 Å². The van der Waals surface area contributed by atoms with Crippen molar-refractivity contribution in [2.24, 2.45) is 35.5 Å². The fourth-order valence-electron chi connectivity index (χ4n) is 5.28. The van der Waals surface area contributed by atoms with Crippen molar-refractivity contribution in [3.8, 4) is 0 Å². The van der Waals surface area contributed by atoms with Gasteiger partial charge in [0.15, 0.2) is 0 Å². The van der Waals surface area contributed by atoms with Gasteiger partial charge in [-0.05, 0) is 55.3 Å². The Balaban J connectivity index is 2.24. The molecule has 130 valence electrons. The maximum absolute atomic E-state index is 11.2. The van der Waals surface area contributed by atoms with Crippen LogP contribution >= 0.6 is 0 Å². The number of aliphatic hydroxyl groups is 2. The summed E-state index contributed by atoms with van der Waals surface area (Å²) < 4.78 is 0. The average molecular weight is 311 g/mol. The van der Waals surface area contributed by atoms with E-state index in [-0.39, 0.29) is 18.1 Å². The van der Waals surface area contributed by atoms with Crippen LogP contribution in [-0.4, -0.2) is 22.4 Å². The largest absolute Gasteiger partial charge is 0.392 e. The van der Waals surface area contributed by atoms with E-state index < -0.39 is 0 Å². The van der Waals surface area contributed by atoms with Crippen molar-refractivity contribution in [3.63, 3.8) is 0 Å². The monoisotopic (exact) mass is 310 g/mol. The number of aliphatic hydroxyl groups excluding tert-OH is 2. The minimum Gasteiger partial charge on any atom is -0.392 e. The van der Waals surface area contributed by atoms with Crippen molar-refractivity contribution in [3.05, 3.63) is 0 Å². The van der Waals surface area contributed by atoms with Crippen LogP contribution in [0.5, 0.6) is 0 Å². The van der Waals surface area contributed by atoms with E-state index in [0.29, 0.717) is 29.6 Å². The summed E-state index contributed by atoms with van der Waals surface area (Å²) >= 11 is 0. The number of hydrogen-bond donors (Lipinski definition) is 2. The Labute approximate surface area is 137 Å². The van der Waals surface area contributed by atoms with Gasteiger partial charge in [-0.2, -0.15) is 0 Å². The molecule has 0 amide bonds. The molecule has 2 heteroatoms. The van der Waals surface area contributed by atoms with Gasteiger partial charge in [-0.3, -0.25) is 0 Å². The first-order chi connectivity index (χ1) is 10.5. The predicted molar refractivity (Wildman–Crippen MR) is 92.6 cm³/mol. The lowest BCUT2D eigenvalue weighted by Gasteiger charge is -2.39. The molecule has 0 heterocycles. The van der Waals surface area contributed by atoms with Gasteiger partial charge in [-0.15, -0.1) is 0 Å². The Morgan fingerprint density at radius 2 is 1.18 bits per heavy atom. The second-order valence-corrected chi connectivity index (χ2v) is 8.28. The van der Waals surface area contributed by atoms with Crippen molar-refractivity contribution in [1.82, 2.24) is 0 Å². The second kappa shape index (κ2) is 8.15. The van der Waals surface area contributed by atoms with Crippen LogP contribution in [0.1, 0.15) is 79.1 Å². The molecule has 2 fully saturated rings. The number of fused-ring (bicyclic) bond motifs is 1. The highest BCUT2D eigenvalue weighted by molar-refractivity contribution is 4.95. The lowest BCUT2D eigenvalue weighted by atomic mass is 9.71. The summed E-state index contributed by atoms with van der Waals surface area (Å²) in [6.45, 7) is 9.02. The molecule has 0 aromatic carbocycles. The van der Waals surface area contributed by atoms with Gasteiger partial charge in [0, 0.05) is 5.92 Å². The van der Waals surface area contributed by atoms with Gasteiger partial charge >= 0.3 is 0 Å². The molecular weight excluding hydrogens is 272 g/mol. The molecule has 2 N–H and O–H groups in total. The Bertz CT molecular complexity index is 300. The number of rotatable bonds is 4. The van der Waals surface area contributed by atoms with Gasteiger partial charge in [0.2, 0.25) is 0 Å². The molecule has 0 aromatic rings. The van der Waals surface area contributed by atoms with Gasteiger partial charge in [0.05, 0.1) is 12.2 Å². The summed E-state index contributed by atoms with van der Waals surface area (Å²) in [6, 6.07) is 0. The normalized spacial score (nSPS) is 42.8. The zero-order valence-electron chi connectivity index (χ0n) is 15.2. The molecule has 0 saturated heterocycles. The van der Waals surface area contributed by atoms with E-state index in [0.717, 1.165) is 25.7 Å². The molecule has 0 aliphatic heterocycles. The van der Waals surface area contributed by atoms with E-state index in [4.69, 9.17) is 0 Å². The van der Waals surface area contributed by atoms with Gasteiger partial charge < -0.3 is 10.2 Å². The lowest BCUT2D eigenvalue weighted by Crippen LogP contribution is -2.44. The maximum Gasteiger partial charge on any atom is 0.0626 e. The third-order valence-corrected chi connectivity index (χ3v) is 7.18. The van der Waals surface area contributed by atoms with Gasteiger partial charge in [0.1, 0.15) is 0 Å². The fraction of sp³-hybridized carbons (Fsp3) is 1.00. The molecule has 2 aliphatic rings. The smallest absolute Gasteiger partial charge is 0.0626 e. The van der Waals surface area contributed by atoms with E-state index in [2.05, 4.69) is 27.7 Å². The second-order valence-electron chi connectivity index (χ2n) is 8.28. The highest BCUT2D eigenvalue weighted by Gasteiger charge is 2.45. The highest BCUT2D eigenvalue weighted by Crippen LogP contribution is 2.46. The standard InChI is InChI=1S/C20H38O2/c1-5-13(3)16-11-7-9-15-10-8-12-17(14(4)6-2)20(22)18(15)19(16)21/h13-22H,5-12H2,1-4H3/t13?,14?,15?,16-,17+,18?,19?,20?. The lowest BCUT2D eigenvalue weighted by molar-refractivity contribution is -0.0739. The minimum absolute atomic E-state index is 0.114. The van der Waals surface area contributed by atoms with Crippen molar-refractivity contribution >= 4 is 0 Å². The summed E-state index contributed by atoms with van der Waals surface area (Å²) in [6.07, 6.45) is 8.81. The zero-order valence-corrected chi connectivity index (χ0v) is 15.2. The van der Waals surface area contributed by atoms with Crippen LogP contribution in [0.3, 0.4) is 0 Å². The van der Waals surface area contributed by atoms with Gasteiger partial charge in [0.25, 0.3) is 0 Å². The Hall–Kier alpha value is -0.0800. The molecule has 2 saturated carbocycles. The molecule has 2 nitrogen and oxygen atoms in total. The predicted octanol–water partition coefficient (Wildman–Crippen LogP) is 4.63. The molecule has 8 atom stereocenters. The first-order valence-corrected chi connectivity index (χ1v) is 9.87. The van der Waals surface area contributed by atoms with Crippen molar-refractivity contribution in [2.75, 3.05) is 0 Å². The summed E-state index contributed by atoms with van der Waals surface area (Å²) in [4.78, 5) is 0. The van der Waals surface area contributed by atoms with Crippen LogP contribution in [0.25, 0.3) is 0 Å². The van der Waals surface area contributed by atoms with E-state index in [1.165, 1.54) is 25.7 Å². The molecule has 0 spiro atoms. The topological polar surface area (TPSA) is 40.5 Å². The molecule has 6 unspecified atom stereocenters. The summed E-state index contributed by atoms with van der Waals surface area (Å²) in [5, 5.41) is 22.3. The molecular formula is C20H38O2. The maximum atomic E-state index is 11.2. The zero-order chi connectivity index (χ0) is 16.3. The third-order valence-electron chi connectivity index (χ3n) is 7.18. The summed E-state index contributed by atoms with van der Waals surface area (Å²) in [5.74, 6) is 2.53.